The first kappa shape index (κ1) is 16.8. The van der Waals surface area contributed by atoms with Crippen molar-refractivity contribution < 1.29 is 9.21 Å². The molecule has 2 atom stereocenters. The highest BCUT2D eigenvalue weighted by Crippen LogP contribution is 2.20. The number of amides is 1. The van der Waals surface area contributed by atoms with E-state index in [0.29, 0.717) is 0 Å². The summed E-state index contributed by atoms with van der Waals surface area (Å²) >= 11 is 3.45. The molecule has 4 nitrogen and oxygen atoms in total. The van der Waals surface area contributed by atoms with Gasteiger partial charge in [0.2, 0.25) is 5.91 Å². The lowest BCUT2D eigenvalue weighted by molar-refractivity contribution is -0.118. The zero-order valence-corrected chi connectivity index (χ0v) is 14.8. The smallest absolute Gasteiger partial charge is 0.241 e. The van der Waals surface area contributed by atoms with Gasteiger partial charge in [-0.25, -0.2) is 0 Å². The first-order chi connectivity index (χ1) is 10.4. The van der Waals surface area contributed by atoms with E-state index in [9.17, 15) is 4.79 Å². The predicted molar refractivity (Wildman–Crippen MR) is 92.0 cm³/mol. The van der Waals surface area contributed by atoms with Gasteiger partial charge < -0.3 is 9.73 Å². The van der Waals surface area contributed by atoms with E-state index in [0.717, 1.165) is 27.2 Å². The zero-order valence-electron chi connectivity index (χ0n) is 13.2. The quantitative estimate of drug-likeness (QED) is 0.829. The normalized spacial score (nSPS) is 13.7. The Bertz CT molecular complexity index is 666. The third-order valence-electron chi connectivity index (χ3n) is 3.51. The van der Waals surface area contributed by atoms with Crippen LogP contribution in [0.2, 0.25) is 0 Å². The SMILES string of the molecule is Cc1ccc(C(C)NC(C)C(=O)Nc2ccc(Br)c(C)c2)o1. The lowest BCUT2D eigenvalue weighted by atomic mass is 10.2. The van der Waals surface area contributed by atoms with Gasteiger partial charge in [0.05, 0.1) is 12.1 Å². The van der Waals surface area contributed by atoms with Crippen LogP contribution in [-0.2, 0) is 4.79 Å². The van der Waals surface area contributed by atoms with Crippen LogP contribution in [0.3, 0.4) is 0 Å². The molecule has 0 saturated carbocycles. The molecular formula is C17H21BrN2O2. The summed E-state index contributed by atoms with van der Waals surface area (Å²) < 4.78 is 6.60. The van der Waals surface area contributed by atoms with Crippen molar-refractivity contribution in [2.24, 2.45) is 0 Å². The van der Waals surface area contributed by atoms with E-state index in [1.807, 2.05) is 58.0 Å². The maximum absolute atomic E-state index is 12.3. The van der Waals surface area contributed by atoms with Gasteiger partial charge in [0, 0.05) is 10.2 Å². The van der Waals surface area contributed by atoms with E-state index in [4.69, 9.17) is 4.42 Å². The summed E-state index contributed by atoms with van der Waals surface area (Å²) in [6, 6.07) is 9.23. The topological polar surface area (TPSA) is 54.3 Å². The van der Waals surface area contributed by atoms with Gasteiger partial charge >= 0.3 is 0 Å². The number of benzene rings is 1. The second-order valence-electron chi connectivity index (χ2n) is 5.51. The number of halogens is 1. The highest BCUT2D eigenvalue weighted by molar-refractivity contribution is 9.10. The summed E-state index contributed by atoms with van der Waals surface area (Å²) in [6.07, 6.45) is 0. The zero-order chi connectivity index (χ0) is 16.3. The minimum Gasteiger partial charge on any atom is -0.465 e. The van der Waals surface area contributed by atoms with E-state index >= 15 is 0 Å². The molecule has 1 aromatic carbocycles. The van der Waals surface area contributed by atoms with Gasteiger partial charge in [-0.15, -0.1) is 0 Å². The molecule has 0 radical (unpaired) electrons. The molecule has 0 aliphatic heterocycles. The van der Waals surface area contributed by atoms with Crippen molar-refractivity contribution in [2.45, 2.75) is 39.8 Å². The van der Waals surface area contributed by atoms with Crippen LogP contribution in [0, 0.1) is 13.8 Å². The minimum absolute atomic E-state index is 0.0268. The van der Waals surface area contributed by atoms with Crippen LogP contribution in [0.15, 0.2) is 39.2 Å². The van der Waals surface area contributed by atoms with Crippen molar-refractivity contribution in [3.63, 3.8) is 0 Å². The number of carbonyl (C=O) groups excluding carboxylic acids is 1. The van der Waals surface area contributed by atoms with E-state index in [1.54, 1.807) is 0 Å². The maximum atomic E-state index is 12.3. The lowest BCUT2D eigenvalue weighted by Crippen LogP contribution is -2.39. The third kappa shape index (κ3) is 4.21. The molecule has 0 fully saturated rings. The molecule has 0 spiro atoms. The molecule has 2 aromatic rings. The Morgan fingerprint density at radius 1 is 1.18 bits per heavy atom. The fourth-order valence-corrected chi connectivity index (χ4v) is 2.44. The van der Waals surface area contributed by atoms with Gasteiger partial charge in [-0.1, -0.05) is 15.9 Å². The Labute approximate surface area is 139 Å². The van der Waals surface area contributed by atoms with Crippen LogP contribution in [0.4, 0.5) is 5.69 Å². The fourth-order valence-electron chi connectivity index (χ4n) is 2.19. The van der Waals surface area contributed by atoms with E-state index in [1.165, 1.54) is 0 Å². The molecule has 1 amide bonds. The van der Waals surface area contributed by atoms with Crippen molar-refractivity contribution in [3.05, 3.63) is 51.9 Å². The van der Waals surface area contributed by atoms with E-state index in [2.05, 4.69) is 26.6 Å². The van der Waals surface area contributed by atoms with Gasteiger partial charge in [-0.3, -0.25) is 10.1 Å². The minimum atomic E-state index is -0.329. The van der Waals surface area contributed by atoms with Gasteiger partial charge in [0.15, 0.2) is 0 Å². The molecule has 0 bridgehead atoms. The molecule has 0 aliphatic carbocycles. The second-order valence-corrected chi connectivity index (χ2v) is 6.37. The summed E-state index contributed by atoms with van der Waals surface area (Å²) in [5.41, 5.74) is 1.87. The van der Waals surface area contributed by atoms with Crippen LogP contribution in [0.1, 0.15) is 37.0 Å². The van der Waals surface area contributed by atoms with Crippen LogP contribution in [0.25, 0.3) is 0 Å². The lowest BCUT2D eigenvalue weighted by Gasteiger charge is -2.18. The van der Waals surface area contributed by atoms with E-state index in [-0.39, 0.29) is 18.0 Å². The summed E-state index contributed by atoms with van der Waals surface area (Å²) in [5, 5.41) is 6.16. The molecular weight excluding hydrogens is 344 g/mol. The summed E-state index contributed by atoms with van der Waals surface area (Å²) in [5.74, 6) is 1.62. The molecule has 2 rings (SSSR count). The van der Waals surface area contributed by atoms with Gasteiger partial charge in [-0.05, 0) is 63.6 Å². The fraction of sp³-hybridized carbons (Fsp3) is 0.353. The molecule has 2 unspecified atom stereocenters. The predicted octanol–water partition coefficient (Wildman–Crippen LogP) is 4.34. The van der Waals surface area contributed by atoms with E-state index < -0.39 is 0 Å². The Balaban J connectivity index is 1.95. The van der Waals surface area contributed by atoms with Crippen LogP contribution in [0.5, 0.6) is 0 Å². The number of rotatable bonds is 5. The van der Waals surface area contributed by atoms with Crippen LogP contribution in [-0.4, -0.2) is 11.9 Å². The summed E-state index contributed by atoms with van der Waals surface area (Å²) in [4.78, 5) is 12.3. The average molecular weight is 365 g/mol. The highest BCUT2D eigenvalue weighted by atomic mass is 79.9. The van der Waals surface area contributed by atoms with Gasteiger partial charge in [-0.2, -0.15) is 0 Å². The van der Waals surface area contributed by atoms with Gasteiger partial charge in [0.1, 0.15) is 11.5 Å². The number of hydrogen-bond acceptors (Lipinski definition) is 3. The summed E-state index contributed by atoms with van der Waals surface area (Å²) in [6.45, 7) is 7.71. The molecule has 5 heteroatoms. The first-order valence-electron chi connectivity index (χ1n) is 7.26. The number of nitrogens with one attached hydrogen (secondary N) is 2. The molecule has 0 saturated heterocycles. The highest BCUT2D eigenvalue weighted by Gasteiger charge is 2.18. The van der Waals surface area contributed by atoms with Crippen LogP contribution >= 0.6 is 15.9 Å². The third-order valence-corrected chi connectivity index (χ3v) is 4.40. The number of hydrogen-bond donors (Lipinski definition) is 2. The average Bonchev–Trinajstić information content (AvgIpc) is 2.89. The van der Waals surface area contributed by atoms with Crippen LogP contribution < -0.4 is 10.6 Å². The van der Waals surface area contributed by atoms with Crippen molar-refractivity contribution in [1.82, 2.24) is 5.32 Å². The number of anilines is 1. The molecule has 0 aliphatic rings. The largest absolute Gasteiger partial charge is 0.465 e. The monoisotopic (exact) mass is 364 g/mol. The Morgan fingerprint density at radius 3 is 2.50 bits per heavy atom. The Morgan fingerprint density at radius 2 is 1.91 bits per heavy atom. The Hall–Kier alpha value is -1.59. The van der Waals surface area contributed by atoms with Crippen molar-refractivity contribution in [3.8, 4) is 0 Å². The molecule has 118 valence electrons. The van der Waals surface area contributed by atoms with Gasteiger partial charge in [0.25, 0.3) is 0 Å². The molecule has 2 N–H and O–H groups in total. The second kappa shape index (κ2) is 7.11. The van der Waals surface area contributed by atoms with Crippen molar-refractivity contribution in [1.29, 1.82) is 0 Å². The standard InChI is InChI=1S/C17H21BrN2O2/c1-10-9-14(6-7-15(10)18)20-17(21)13(4)19-12(3)16-8-5-11(2)22-16/h5-9,12-13,19H,1-4H3,(H,20,21). The molecule has 1 aromatic heterocycles. The number of furan rings is 1. The number of carbonyl (C=O) groups is 1. The first-order valence-corrected chi connectivity index (χ1v) is 8.05. The maximum Gasteiger partial charge on any atom is 0.241 e. The number of aryl methyl sites for hydroxylation is 2. The molecule has 22 heavy (non-hydrogen) atoms. The summed E-state index contributed by atoms with van der Waals surface area (Å²) in [7, 11) is 0. The molecule has 1 heterocycles. The van der Waals surface area contributed by atoms with Crippen molar-refractivity contribution in [2.75, 3.05) is 5.32 Å². The Kier molecular flexibility index (Phi) is 5.42. The van der Waals surface area contributed by atoms with Crippen molar-refractivity contribution >= 4 is 27.5 Å².